The second-order valence-corrected chi connectivity index (χ2v) is 5.50. The summed E-state index contributed by atoms with van der Waals surface area (Å²) in [6, 6.07) is 13.6. The Morgan fingerprint density at radius 3 is 2.68 bits per heavy atom. The first kappa shape index (κ1) is 14.0. The first-order valence-corrected chi connectivity index (χ1v) is 6.94. The Hall–Kier alpha value is -1.39. The van der Waals surface area contributed by atoms with Gasteiger partial charge in [-0.2, -0.15) is 0 Å². The number of aliphatic hydroxyl groups is 1. The third-order valence-corrected chi connectivity index (χ3v) is 3.44. The second kappa shape index (κ2) is 6.17. The Morgan fingerprint density at radius 2 is 2.00 bits per heavy atom. The van der Waals surface area contributed by atoms with Crippen LogP contribution in [0.25, 0.3) is 0 Å². The van der Waals surface area contributed by atoms with Crippen molar-refractivity contribution in [2.45, 2.75) is 13.0 Å². The van der Waals surface area contributed by atoms with Crippen LogP contribution in [0.4, 0.5) is 5.82 Å². The highest BCUT2D eigenvalue weighted by Crippen LogP contribution is 2.20. The van der Waals surface area contributed by atoms with Crippen LogP contribution >= 0.6 is 15.9 Å². The SMILES string of the molecule is Cc1cccc(N(C)CC(O)c2cccc(Br)c2)n1. The molecule has 0 amide bonds. The van der Waals surface area contributed by atoms with Gasteiger partial charge in [-0.15, -0.1) is 0 Å². The maximum Gasteiger partial charge on any atom is 0.128 e. The van der Waals surface area contributed by atoms with Gasteiger partial charge in [-0.05, 0) is 36.8 Å². The number of aryl methyl sites for hydroxylation is 1. The van der Waals surface area contributed by atoms with Crippen molar-refractivity contribution in [1.82, 2.24) is 4.98 Å². The fourth-order valence-electron chi connectivity index (χ4n) is 1.91. The first-order valence-electron chi connectivity index (χ1n) is 6.14. The van der Waals surface area contributed by atoms with E-state index in [0.29, 0.717) is 6.54 Å². The van der Waals surface area contributed by atoms with Gasteiger partial charge in [0.15, 0.2) is 0 Å². The summed E-state index contributed by atoms with van der Waals surface area (Å²) < 4.78 is 0.973. The van der Waals surface area contributed by atoms with E-state index in [4.69, 9.17) is 0 Å². The van der Waals surface area contributed by atoms with E-state index in [2.05, 4.69) is 20.9 Å². The summed E-state index contributed by atoms with van der Waals surface area (Å²) in [7, 11) is 1.93. The van der Waals surface area contributed by atoms with E-state index in [-0.39, 0.29) is 0 Å². The van der Waals surface area contributed by atoms with E-state index in [1.807, 2.05) is 61.3 Å². The maximum absolute atomic E-state index is 10.3. The summed E-state index contributed by atoms with van der Waals surface area (Å²) in [5.74, 6) is 0.869. The van der Waals surface area contributed by atoms with E-state index in [1.165, 1.54) is 0 Å². The molecule has 19 heavy (non-hydrogen) atoms. The number of anilines is 1. The van der Waals surface area contributed by atoms with Gasteiger partial charge in [0, 0.05) is 23.8 Å². The van der Waals surface area contributed by atoms with Crippen molar-refractivity contribution in [2.75, 3.05) is 18.5 Å². The number of benzene rings is 1. The fourth-order valence-corrected chi connectivity index (χ4v) is 2.33. The molecular weight excluding hydrogens is 304 g/mol. The minimum Gasteiger partial charge on any atom is -0.387 e. The van der Waals surface area contributed by atoms with Crippen LogP contribution in [0.15, 0.2) is 46.9 Å². The predicted octanol–water partition coefficient (Wildman–Crippen LogP) is 3.32. The molecule has 0 aliphatic heterocycles. The van der Waals surface area contributed by atoms with Crippen LogP contribution < -0.4 is 4.90 Å². The van der Waals surface area contributed by atoms with Crippen molar-refractivity contribution in [1.29, 1.82) is 0 Å². The Labute approximate surface area is 122 Å². The minimum absolute atomic E-state index is 0.507. The van der Waals surface area contributed by atoms with E-state index >= 15 is 0 Å². The number of hydrogen-bond donors (Lipinski definition) is 1. The van der Waals surface area contributed by atoms with E-state index in [0.717, 1.165) is 21.5 Å². The number of hydrogen-bond acceptors (Lipinski definition) is 3. The Balaban J connectivity index is 2.08. The van der Waals surface area contributed by atoms with E-state index in [9.17, 15) is 5.11 Å². The van der Waals surface area contributed by atoms with Crippen molar-refractivity contribution in [3.63, 3.8) is 0 Å². The normalized spacial score (nSPS) is 12.2. The molecule has 100 valence electrons. The average molecular weight is 321 g/mol. The lowest BCUT2D eigenvalue weighted by atomic mass is 10.1. The molecule has 0 aliphatic rings. The predicted molar refractivity (Wildman–Crippen MR) is 81.3 cm³/mol. The van der Waals surface area contributed by atoms with Gasteiger partial charge in [0.05, 0.1) is 6.10 Å². The number of halogens is 1. The number of likely N-dealkylation sites (N-methyl/N-ethyl adjacent to an activating group) is 1. The Kier molecular flexibility index (Phi) is 4.56. The van der Waals surface area contributed by atoms with Crippen molar-refractivity contribution in [3.05, 3.63) is 58.2 Å². The molecule has 1 N–H and O–H groups in total. The molecule has 4 heteroatoms. The molecule has 2 aromatic rings. The molecule has 0 bridgehead atoms. The standard InChI is InChI=1S/C15H17BrN2O/c1-11-5-3-8-15(17-11)18(2)10-14(19)12-6-4-7-13(16)9-12/h3-9,14,19H,10H2,1-2H3. The molecule has 2 rings (SSSR count). The summed E-state index contributed by atoms with van der Waals surface area (Å²) in [6.45, 7) is 2.47. The van der Waals surface area contributed by atoms with Gasteiger partial charge >= 0.3 is 0 Å². The number of pyridine rings is 1. The first-order chi connectivity index (χ1) is 9.06. The zero-order valence-electron chi connectivity index (χ0n) is 11.0. The quantitative estimate of drug-likeness (QED) is 0.938. The molecule has 3 nitrogen and oxygen atoms in total. The maximum atomic E-state index is 10.3. The van der Waals surface area contributed by atoms with Crippen LogP contribution in [0.2, 0.25) is 0 Å². The molecule has 1 atom stereocenters. The number of aliphatic hydroxyl groups excluding tert-OH is 1. The molecule has 1 aromatic carbocycles. The third-order valence-electron chi connectivity index (χ3n) is 2.94. The van der Waals surface area contributed by atoms with Gasteiger partial charge < -0.3 is 10.0 Å². The lowest BCUT2D eigenvalue weighted by molar-refractivity contribution is 0.184. The lowest BCUT2D eigenvalue weighted by Gasteiger charge is -2.22. The van der Waals surface area contributed by atoms with Gasteiger partial charge in [-0.25, -0.2) is 4.98 Å². The van der Waals surface area contributed by atoms with Crippen molar-refractivity contribution >= 4 is 21.7 Å². The van der Waals surface area contributed by atoms with Crippen molar-refractivity contribution in [3.8, 4) is 0 Å². The summed E-state index contributed by atoms with van der Waals surface area (Å²) in [5.41, 5.74) is 1.87. The molecule has 1 unspecified atom stereocenters. The lowest BCUT2D eigenvalue weighted by Crippen LogP contribution is -2.25. The number of aromatic nitrogens is 1. The molecule has 0 fully saturated rings. The van der Waals surface area contributed by atoms with Crippen molar-refractivity contribution < 1.29 is 5.11 Å². The molecule has 0 spiro atoms. The summed E-state index contributed by atoms with van der Waals surface area (Å²) in [6.07, 6.45) is -0.537. The molecule has 0 aliphatic carbocycles. The summed E-state index contributed by atoms with van der Waals surface area (Å²) >= 11 is 3.41. The highest BCUT2D eigenvalue weighted by atomic mass is 79.9. The van der Waals surface area contributed by atoms with E-state index < -0.39 is 6.10 Å². The monoisotopic (exact) mass is 320 g/mol. The van der Waals surface area contributed by atoms with Crippen LogP contribution in [0.1, 0.15) is 17.4 Å². The largest absolute Gasteiger partial charge is 0.387 e. The number of rotatable bonds is 4. The average Bonchev–Trinajstić information content (AvgIpc) is 2.38. The fraction of sp³-hybridized carbons (Fsp3) is 0.267. The zero-order valence-corrected chi connectivity index (χ0v) is 12.6. The van der Waals surface area contributed by atoms with Gasteiger partial charge in [0.1, 0.15) is 5.82 Å². The highest BCUT2D eigenvalue weighted by molar-refractivity contribution is 9.10. The summed E-state index contributed by atoms with van der Waals surface area (Å²) in [5, 5.41) is 10.3. The Bertz CT molecular complexity index is 510. The van der Waals surface area contributed by atoms with Gasteiger partial charge in [0.2, 0.25) is 0 Å². The van der Waals surface area contributed by atoms with Crippen LogP contribution in [0.5, 0.6) is 0 Å². The summed E-state index contributed by atoms with van der Waals surface area (Å²) in [4.78, 5) is 6.40. The number of nitrogens with zero attached hydrogens (tertiary/aromatic N) is 2. The van der Waals surface area contributed by atoms with Gasteiger partial charge in [0.25, 0.3) is 0 Å². The van der Waals surface area contributed by atoms with Crippen molar-refractivity contribution in [2.24, 2.45) is 0 Å². The smallest absolute Gasteiger partial charge is 0.128 e. The molecular formula is C15H17BrN2O. The highest BCUT2D eigenvalue weighted by Gasteiger charge is 2.12. The van der Waals surface area contributed by atoms with Gasteiger partial charge in [-0.3, -0.25) is 0 Å². The molecule has 0 saturated carbocycles. The third kappa shape index (κ3) is 3.78. The molecule has 1 heterocycles. The molecule has 0 radical (unpaired) electrons. The molecule has 0 saturated heterocycles. The van der Waals surface area contributed by atoms with Gasteiger partial charge in [-0.1, -0.05) is 34.1 Å². The second-order valence-electron chi connectivity index (χ2n) is 4.59. The Morgan fingerprint density at radius 1 is 1.26 bits per heavy atom. The van der Waals surface area contributed by atoms with E-state index in [1.54, 1.807) is 0 Å². The van der Waals surface area contributed by atoms with Crippen LogP contribution in [-0.2, 0) is 0 Å². The zero-order chi connectivity index (χ0) is 13.8. The van der Waals surface area contributed by atoms with Crippen LogP contribution in [0, 0.1) is 6.92 Å². The molecule has 1 aromatic heterocycles. The van der Waals surface area contributed by atoms with Crippen LogP contribution in [0.3, 0.4) is 0 Å². The van der Waals surface area contributed by atoms with Crippen LogP contribution in [-0.4, -0.2) is 23.7 Å². The minimum atomic E-state index is -0.537. The topological polar surface area (TPSA) is 36.4 Å².